The molecule has 0 aliphatic carbocycles. The van der Waals surface area contributed by atoms with Gasteiger partial charge in [0.2, 0.25) is 0 Å². The number of nitrogens with zero attached hydrogens (tertiary/aromatic N) is 2. The van der Waals surface area contributed by atoms with Gasteiger partial charge in [-0.15, -0.1) is 0 Å². The summed E-state index contributed by atoms with van der Waals surface area (Å²) in [6.45, 7) is 0. The van der Waals surface area contributed by atoms with Crippen molar-refractivity contribution in [1.29, 1.82) is 0 Å². The van der Waals surface area contributed by atoms with E-state index >= 15 is 0 Å². The number of aliphatic hydroxyl groups excluding tert-OH is 2. The highest BCUT2D eigenvalue weighted by atomic mass is 35.5. The molecule has 4 N–H and O–H groups in total. The molecule has 0 radical (unpaired) electrons. The molecule has 5 nitrogen and oxygen atoms in total. The Hall–Kier alpha value is -0.560. The molecule has 1 aromatic rings. The Bertz CT molecular complexity index is 326. The number of rotatable bonds is 3. The molecule has 0 fully saturated rings. The SMILES string of the molecule is Nc1cnc(C(O)C(O)CS)c(Cl)n1. The van der Waals surface area contributed by atoms with Gasteiger partial charge in [0.15, 0.2) is 5.15 Å². The number of aliphatic hydroxyl groups is 2. The van der Waals surface area contributed by atoms with Crippen molar-refractivity contribution < 1.29 is 10.2 Å². The molecule has 0 aromatic carbocycles. The van der Waals surface area contributed by atoms with Crippen LogP contribution in [0.1, 0.15) is 11.8 Å². The maximum absolute atomic E-state index is 9.53. The van der Waals surface area contributed by atoms with Crippen molar-refractivity contribution in [2.45, 2.75) is 12.2 Å². The van der Waals surface area contributed by atoms with E-state index < -0.39 is 12.2 Å². The van der Waals surface area contributed by atoms with Crippen LogP contribution in [0.5, 0.6) is 0 Å². The molecule has 0 saturated carbocycles. The highest BCUT2D eigenvalue weighted by Gasteiger charge is 2.21. The molecule has 78 valence electrons. The molecular formula is C7H10ClN3O2S. The van der Waals surface area contributed by atoms with Crippen LogP contribution < -0.4 is 5.73 Å². The van der Waals surface area contributed by atoms with Crippen LogP contribution in [0.15, 0.2) is 6.20 Å². The van der Waals surface area contributed by atoms with Crippen molar-refractivity contribution in [3.05, 3.63) is 17.0 Å². The molecule has 1 rings (SSSR count). The Labute approximate surface area is 91.4 Å². The Morgan fingerprint density at radius 3 is 2.71 bits per heavy atom. The van der Waals surface area contributed by atoms with Crippen molar-refractivity contribution in [2.75, 3.05) is 11.5 Å². The second kappa shape index (κ2) is 4.79. The average molecular weight is 236 g/mol. The number of halogens is 1. The lowest BCUT2D eigenvalue weighted by molar-refractivity contribution is 0.0309. The number of aromatic nitrogens is 2. The van der Waals surface area contributed by atoms with E-state index in [1.54, 1.807) is 0 Å². The largest absolute Gasteiger partial charge is 0.389 e. The summed E-state index contributed by atoms with van der Waals surface area (Å²) in [7, 11) is 0. The van der Waals surface area contributed by atoms with E-state index in [4.69, 9.17) is 17.3 Å². The molecule has 0 bridgehead atoms. The molecule has 1 heterocycles. The van der Waals surface area contributed by atoms with Crippen molar-refractivity contribution in [2.24, 2.45) is 0 Å². The number of hydrogen-bond donors (Lipinski definition) is 4. The summed E-state index contributed by atoms with van der Waals surface area (Å²) < 4.78 is 0. The van der Waals surface area contributed by atoms with E-state index in [2.05, 4.69) is 22.6 Å². The highest BCUT2D eigenvalue weighted by Crippen LogP contribution is 2.22. The van der Waals surface area contributed by atoms with E-state index in [1.165, 1.54) is 6.20 Å². The van der Waals surface area contributed by atoms with E-state index in [1.807, 2.05) is 0 Å². The topological polar surface area (TPSA) is 92.3 Å². The lowest BCUT2D eigenvalue weighted by atomic mass is 10.2. The molecule has 2 atom stereocenters. The Morgan fingerprint density at radius 1 is 1.57 bits per heavy atom. The van der Waals surface area contributed by atoms with Crippen LogP contribution in [0.3, 0.4) is 0 Å². The Kier molecular flexibility index (Phi) is 3.94. The normalized spacial score (nSPS) is 15.1. The molecular weight excluding hydrogens is 226 g/mol. The zero-order chi connectivity index (χ0) is 10.7. The first-order valence-electron chi connectivity index (χ1n) is 3.81. The van der Waals surface area contributed by atoms with Crippen molar-refractivity contribution in [3.8, 4) is 0 Å². The van der Waals surface area contributed by atoms with Crippen LogP contribution in [0.4, 0.5) is 5.82 Å². The average Bonchev–Trinajstić information content (AvgIpc) is 2.15. The van der Waals surface area contributed by atoms with Crippen molar-refractivity contribution in [3.63, 3.8) is 0 Å². The van der Waals surface area contributed by atoms with Gasteiger partial charge in [-0.2, -0.15) is 12.6 Å². The number of thiol groups is 1. The molecule has 0 aliphatic heterocycles. The summed E-state index contributed by atoms with van der Waals surface area (Å²) in [6.07, 6.45) is -0.975. The van der Waals surface area contributed by atoms with E-state index in [0.29, 0.717) is 0 Å². The fourth-order valence-electron chi connectivity index (χ4n) is 0.869. The van der Waals surface area contributed by atoms with Gasteiger partial charge in [-0.1, -0.05) is 11.6 Å². The Morgan fingerprint density at radius 2 is 2.21 bits per heavy atom. The third kappa shape index (κ3) is 2.48. The summed E-state index contributed by atoms with van der Waals surface area (Å²) in [5, 5.41) is 18.8. The summed E-state index contributed by atoms with van der Waals surface area (Å²) in [5.74, 6) is 0.259. The smallest absolute Gasteiger partial charge is 0.155 e. The molecule has 0 amide bonds. The van der Waals surface area contributed by atoms with Crippen molar-refractivity contribution >= 4 is 30.0 Å². The first kappa shape index (κ1) is 11.5. The second-order valence-electron chi connectivity index (χ2n) is 2.67. The molecule has 2 unspecified atom stereocenters. The van der Waals surface area contributed by atoms with Gasteiger partial charge in [0.05, 0.1) is 12.3 Å². The summed E-state index contributed by atoms with van der Waals surface area (Å²) in [4.78, 5) is 7.48. The molecule has 1 aromatic heterocycles. The predicted molar refractivity (Wildman–Crippen MR) is 56.3 cm³/mol. The molecule has 0 spiro atoms. The lowest BCUT2D eigenvalue weighted by Gasteiger charge is -2.15. The first-order valence-corrected chi connectivity index (χ1v) is 4.82. The van der Waals surface area contributed by atoms with Gasteiger partial charge in [0.25, 0.3) is 0 Å². The van der Waals surface area contributed by atoms with Crippen LogP contribution in [-0.2, 0) is 0 Å². The van der Waals surface area contributed by atoms with Gasteiger partial charge in [0, 0.05) is 5.75 Å². The molecule has 0 saturated heterocycles. The number of hydrogen-bond acceptors (Lipinski definition) is 6. The molecule has 14 heavy (non-hydrogen) atoms. The Balaban J connectivity index is 2.95. The zero-order valence-electron chi connectivity index (χ0n) is 7.13. The van der Waals surface area contributed by atoms with Crippen LogP contribution in [0.2, 0.25) is 5.15 Å². The van der Waals surface area contributed by atoms with Gasteiger partial charge in [-0.05, 0) is 0 Å². The minimum atomic E-state index is -1.20. The molecule has 0 aliphatic rings. The van der Waals surface area contributed by atoms with Gasteiger partial charge in [0.1, 0.15) is 17.6 Å². The quantitative estimate of drug-likeness (QED) is 0.555. The second-order valence-corrected chi connectivity index (χ2v) is 3.39. The van der Waals surface area contributed by atoms with E-state index in [9.17, 15) is 10.2 Å². The number of nitrogens with two attached hydrogens (primary N) is 1. The zero-order valence-corrected chi connectivity index (χ0v) is 8.78. The standard InChI is InChI=1S/C7H10ClN3O2S/c8-7-5(6(13)3(12)2-14)10-1-4(9)11-7/h1,3,6,12-14H,2H2,(H2,9,11). The van der Waals surface area contributed by atoms with Crippen molar-refractivity contribution in [1.82, 2.24) is 9.97 Å². The minimum absolute atomic E-state index is 0.0154. The lowest BCUT2D eigenvalue weighted by Crippen LogP contribution is -2.21. The highest BCUT2D eigenvalue weighted by molar-refractivity contribution is 7.80. The summed E-state index contributed by atoms with van der Waals surface area (Å²) >= 11 is 9.51. The van der Waals surface area contributed by atoms with Crippen LogP contribution in [0, 0.1) is 0 Å². The molecule has 7 heteroatoms. The minimum Gasteiger partial charge on any atom is -0.389 e. The van der Waals surface area contributed by atoms with E-state index in [0.717, 1.165) is 0 Å². The number of anilines is 1. The monoisotopic (exact) mass is 235 g/mol. The van der Waals surface area contributed by atoms with Crippen LogP contribution in [0.25, 0.3) is 0 Å². The third-order valence-electron chi connectivity index (χ3n) is 1.61. The van der Waals surface area contributed by atoms with E-state index in [-0.39, 0.29) is 22.4 Å². The van der Waals surface area contributed by atoms with Gasteiger partial charge < -0.3 is 15.9 Å². The fourth-order valence-corrected chi connectivity index (χ4v) is 1.33. The fraction of sp³-hybridized carbons (Fsp3) is 0.429. The number of nitrogen functional groups attached to an aromatic ring is 1. The first-order chi connectivity index (χ1) is 6.56. The summed E-state index contributed by atoms with van der Waals surface area (Å²) in [6, 6.07) is 0. The predicted octanol–water partition coefficient (Wildman–Crippen LogP) is 0.0363. The van der Waals surface area contributed by atoms with Crippen LogP contribution in [-0.4, -0.2) is 32.0 Å². The van der Waals surface area contributed by atoms with Gasteiger partial charge in [-0.3, -0.25) is 4.98 Å². The summed E-state index contributed by atoms with van der Waals surface area (Å²) in [5.41, 5.74) is 5.42. The maximum atomic E-state index is 9.53. The maximum Gasteiger partial charge on any atom is 0.155 e. The van der Waals surface area contributed by atoms with Crippen LogP contribution >= 0.6 is 24.2 Å². The van der Waals surface area contributed by atoms with Gasteiger partial charge in [-0.25, -0.2) is 4.98 Å². The van der Waals surface area contributed by atoms with Gasteiger partial charge >= 0.3 is 0 Å². The third-order valence-corrected chi connectivity index (χ3v) is 2.26.